The van der Waals surface area contributed by atoms with Crippen molar-refractivity contribution < 1.29 is 5.11 Å². The number of nitriles is 1. The summed E-state index contributed by atoms with van der Waals surface area (Å²) in [7, 11) is 0. The summed E-state index contributed by atoms with van der Waals surface area (Å²) in [5.74, 6) is 1.44. The lowest BCUT2D eigenvalue weighted by Crippen LogP contribution is -1.95. The van der Waals surface area contributed by atoms with Gasteiger partial charge >= 0.3 is 0 Å². The number of aromatic hydroxyl groups is 1. The van der Waals surface area contributed by atoms with Crippen LogP contribution in [-0.2, 0) is 0 Å². The zero-order chi connectivity index (χ0) is 10.7. The summed E-state index contributed by atoms with van der Waals surface area (Å²) in [6.45, 7) is 0. The second kappa shape index (κ2) is 4.35. The average molecular weight is 201 g/mol. The van der Waals surface area contributed by atoms with Gasteiger partial charge in [-0.1, -0.05) is 12.1 Å². The van der Waals surface area contributed by atoms with Crippen molar-refractivity contribution in [1.29, 1.82) is 5.26 Å². The highest BCUT2D eigenvalue weighted by Crippen LogP contribution is 2.40. The number of hydrogen-bond donors (Lipinski definition) is 1. The molecular formula is C13H15NO. The van der Waals surface area contributed by atoms with Gasteiger partial charge in [0.1, 0.15) is 5.75 Å². The highest BCUT2D eigenvalue weighted by Gasteiger charge is 2.25. The second-order valence-electron chi connectivity index (χ2n) is 4.33. The van der Waals surface area contributed by atoms with Crippen molar-refractivity contribution in [2.24, 2.45) is 5.92 Å². The maximum absolute atomic E-state index is 9.39. The molecule has 1 saturated carbocycles. The van der Waals surface area contributed by atoms with E-state index in [1.165, 1.54) is 5.56 Å². The van der Waals surface area contributed by atoms with Gasteiger partial charge < -0.3 is 5.11 Å². The minimum atomic E-state index is 0.344. The number of hydrogen-bond acceptors (Lipinski definition) is 2. The van der Waals surface area contributed by atoms with E-state index in [0.29, 0.717) is 24.0 Å². The molecular weight excluding hydrogens is 186 g/mol. The summed E-state index contributed by atoms with van der Waals surface area (Å²) < 4.78 is 0. The molecule has 0 aliphatic heterocycles. The first-order chi connectivity index (χ1) is 7.29. The highest BCUT2D eigenvalue weighted by molar-refractivity contribution is 5.30. The van der Waals surface area contributed by atoms with E-state index in [2.05, 4.69) is 12.1 Å². The quantitative estimate of drug-likeness (QED) is 0.798. The van der Waals surface area contributed by atoms with Crippen LogP contribution in [0.2, 0.25) is 0 Å². The summed E-state index contributed by atoms with van der Waals surface area (Å²) in [5, 5.41) is 18.0. The van der Waals surface area contributed by atoms with Gasteiger partial charge in [0.15, 0.2) is 0 Å². The molecule has 1 N–H and O–H groups in total. The van der Waals surface area contributed by atoms with Crippen molar-refractivity contribution in [2.45, 2.75) is 31.6 Å². The van der Waals surface area contributed by atoms with Crippen LogP contribution in [0.25, 0.3) is 0 Å². The van der Waals surface area contributed by atoms with E-state index >= 15 is 0 Å². The van der Waals surface area contributed by atoms with Gasteiger partial charge in [-0.25, -0.2) is 0 Å². The van der Waals surface area contributed by atoms with Crippen LogP contribution < -0.4 is 0 Å². The summed E-state index contributed by atoms with van der Waals surface area (Å²) in [6.07, 6.45) is 4.07. The van der Waals surface area contributed by atoms with Crippen molar-refractivity contribution in [3.05, 3.63) is 29.8 Å². The van der Waals surface area contributed by atoms with E-state index in [0.717, 1.165) is 19.3 Å². The molecule has 1 fully saturated rings. The van der Waals surface area contributed by atoms with E-state index in [-0.39, 0.29) is 0 Å². The van der Waals surface area contributed by atoms with E-state index in [4.69, 9.17) is 5.26 Å². The van der Waals surface area contributed by atoms with Gasteiger partial charge in [0, 0.05) is 6.42 Å². The van der Waals surface area contributed by atoms with E-state index in [1.807, 2.05) is 12.1 Å². The van der Waals surface area contributed by atoms with E-state index in [1.54, 1.807) is 6.07 Å². The molecule has 1 aromatic rings. The molecule has 1 aliphatic rings. The monoisotopic (exact) mass is 201 g/mol. The largest absolute Gasteiger partial charge is 0.508 e. The van der Waals surface area contributed by atoms with Crippen LogP contribution in [0.1, 0.15) is 37.2 Å². The van der Waals surface area contributed by atoms with Gasteiger partial charge in [-0.2, -0.15) is 5.26 Å². The average Bonchev–Trinajstić information content (AvgIpc) is 2.67. The van der Waals surface area contributed by atoms with Crippen molar-refractivity contribution in [3.8, 4) is 11.8 Å². The summed E-state index contributed by atoms with van der Waals surface area (Å²) >= 11 is 0. The number of nitrogens with zero attached hydrogens (tertiary/aromatic N) is 1. The van der Waals surface area contributed by atoms with Crippen LogP contribution in [0.3, 0.4) is 0 Å². The Morgan fingerprint density at radius 2 is 2.27 bits per heavy atom. The van der Waals surface area contributed by atoms with Crippen LogP contribution in [0.4, 0.5) is 0 Å². The molecule has 2 unspecified atom stereocenters. The van der Waals surface area contributed by atoms with E-state index in [9.17, 15) is 5.11 Å². The van der Waals surface area contributed by atoms with Gasteiger partial charge in [-0.3, -0.25) is 0 Å². The minimum Gasteiger partial charge on any atom is -0.508 e. The topological polar surface area (TPSA) is 44.0 Å². The van der Waals surface area contributed by atoms with Gasteiger partial charge in [-0.15, -0.1) is 0 Å². The van der Waals surface area contributed by atoms with E-state index < -0.39 is 0 Å². The first-order valence-electron chi connectivity index (χ1n) is 5.45. The summed E-state index contributed by atoms with van der Waals surface area (Å²) in [6, 6.07) is 9.75. The van der Waals surface area contributed by atoms with Crippen LogP contribution in [-0.4, -0.2) is 5.11 Å². The van der Waals surface area contributed by atoms with Crippen LogP contribution in [0, 0.1) is 17.2 Å². The predicted molar refractivity (Wildman–Crippen MR) is 58.4 cm³/mol. The Balaban J connectivity index is 2.05. The van der Waals surface area contributed by atoms with Crippen molar-refractivity contribution in [1.82, 2.24) is 0 Å². The SMILES string of the molecule is N#CCC1CCC(c2cccc(O)c2)C1. The lowest BCUT2D eigenvalue weighted by atomic mass is 9.95. The van der Waals surface area contributed by atoms with Crippen LogP contribution in [0.15, 0.2) is 24.3 Å². The zero-order valence-corrected chi connectivity index (χ0v) is 8.69. The van der Waals surface area contributed by atoms with Gasteiger partial charge in [0.2, 0.25) is 0 Å². The van der Waals surface area contributed by atoms with Crippen LogP contribution in [0.5, 0.6) is 5.75 Å². The first kappa shape index (κ1) is 10.0. The molecule has 0 saturated heterocycles. The molecule has 0 radical (unpaired) electrons. The zero-order valence-electron chi connectivity index (χ0n) is 8.69. The second-order valence-corrected chi connectivity index (χ2v) is 4.33. The minimum absolute atomic E-state index is 0.344. The van der Waals surface area contributed by atoms with Crippen molar-refractivity contribution in [3.63, 3.8) is 0 Å². The first-order valence-corrected chi connectivity index (χ1v) is 5.45. The van der Waals surface area contributed by atoms with Crippen molar-refractivity contribution >= 4 is 0 Å². The molecule has 78 valence electrons. The third-order valence-corrected chi connectivity index (χ3v) is 3.26. The molecule has 0 bridgehead atoms. The Morgan fingerprint density at radius 1 is 1.40 bits per heavy atom. The highest BCUT2D eigenvalue weighted by atomic mass is 16.3. The molecule has 1 aromatic carbocycles. The van der Waals surface area contributed by atoms with Gasteiger partial charge in [0.05, 0.1) is 6.07 Å². The Kier molecular flexibility index (Phi) is 2.91. The third kappa shape index (κ3) is 2.30. The fraction of sp³-hybridized carbons (Fsp3) is 0.462. The van der Waals surface area contributed by atoms with Crippen molar-refractivity contribution in [2.75, 3.05) is 0 Å². The normalized spacial score (nSPS) is 25.0. The van der Waals surface area contributed by atoms with Crippen LogP contribution >= 0.6 is 0 Å². The number of phenolic OH excluding ortho intramolecular Hbond substituents is 1. The molecule has 0 spiro atoms. The summed E-state index contributed by atoms with van der Waals surface area (Å²) in [5.41, 5.74) is 1.22. The lowest BCUT2D eigenvalue weighted by molar-refractivity contribution is 0.473. The predicted octanol–water partition coefficient (Wildman–Crippen LogP) is 3.19. The summed E-state index contributed by atoms with van der Waals surface area (Å²) in [4.78, 5) is 0. The van der Waals surface area contributed by atoms with Gasteiger partial charge in [-0.05, 0) is 48.8 Å². The standard InChI is InChI=1S/C13H15NO/c14-7-6-10-4-5-12(8-10)11-2-1-3-13(15)9-11/h1-3,9-10,12,15H,4-6,8H2. The smallest absolute Gasteiger partial charge is 0.115 e. The third-order valence-electron chi connectivity index (χ3n) is 3.26. The fourth-order valence-corrected chi connectivity index (χ4v) is 2.47. The molecule has 0 aromatic heterocycles. The molecule has 1 aliphatic carbocycles. The molecule has 2 nitrogen and oxygen atoms in total. The number of benzene rings is 1. The molecule has 15 heavy (non-hydrogen) atoms. The number of rotatable bonds is 2. The Bertz CT molecular complexity index is 380. The molecule has 2 rings (SSSR count). The maximum Gasteiger partial charge on any atom is 0.115 e. The Morgan fingerprint density at radius 3 is 3.00 bits per heavy atom. The molecule has 0 heterocycles. The molecule has 0 amide bonds. The number of phenols is 1. The Hall–Kier alpha value is -1.49. The Labute approximate surface area is 90.2 Å². The van der Waals surface area contributed by atoms with Gasteiger partial charge in [0.25, 0.3) is 0 Å². The maximum atomic E-state index is 9.39. The fourth-order valence-electron chi connectivity index (χ4n) is 2.47. The lowest BCUT2D eigenvalue weighted by Gasteiger charge is -2.10. The molecule has 2 atom stereocenters. The molecule has 2 heteroatoms.